The Balaban J connectivity index is 1.69. The number of aryl methyl sites for hydroxylation is 2. The van der Waals surface area contributed by atoms with E-state index in [1.54, 1.807) is 6.07 Å². The fourth-order valence-electron chi connectivity index (χ4n) is 2.24. The second-order valence-electron chi connectivity index (χ2n) is 5.70. The first-order valence-corrected chi connectivity index (χ1v) is 8.12. The van der Waals surface area contributed by atoms with Crippen LogP contribution in [0.2, 0.25) is 5.02 Å². The molecule has 1 amide bonds. The van der Waals surface area contributed by atoms with Crippen LogP contribution in [0.25, 0.3) is 0 Å². The van der Waals surface area contributed by atoms with Crippen LogP contribution in [0.3, 0.4) is 0 Å². The van der Waals surface area contributed by atoms with Crippen molar-refractivity contribution in [3.8, 4) is 0 Å². The number of halogens is 1. The number of hydrogen-bond donors (Lipinski definition) is 2. The summed E-state index contributed by atoms with van der Waals surface area (Å²) in [4.78, 5) is 20.6. The molecule has 0 saturated carbocycles. The number of amides is 1. The van der Waals surface area contributed by atoms with Crippen LogP contribution >= 0.6 is 11.6 Å². The Morgan fingerprint density at radius 2 is 1.68 bits per heavy atom. The van der Waals surface area contributed by atoms with Gasteiger partial charge in [-0.05, 0) is 49.7 Å². The second kappa shape index (κ2) is 7.32. The summed E-state index contributed by atoms with van der Waals surface area (Å²) < 4.78 is 0. The van der Waals surface area contributed by atoms with Crippen molar-refractivity contribution in [1.82, 2.24) is 9.97 Å². The zero-order chi connectivity index (χ0) is 17.8. The van der Waals surface area contributed by atoms with Crippen LogP contribution in [0, 0.1) is 13.8 Å². The van der Waals surface area contributed by atoms with Crippen molar-refractivity contribution in [3.05, 3.63) is 76.6 Å². The highest BCUT2D eigenvalue weighted by Gasteiger charge is 2.08. The lowest BCUT2D eigenvalue weighted by atomic mass is 10.2. The van der Waals surface area contributed by atoms with Crippen LogP contribution in [0.15, 0.2) is 54.9 Å². The molecule has 1 heterocycles. The fourth-order valence-corrected chi connectivity index (χ4v) is 2.46. The first-order chi connectivity index (χ1) is 12.0. The highest BCUT2D eigenvalue weighted by atomic mass is 35.5. The second-order valence-corrected chi connectivity index (χ2v) is 6.14. The highest BCUT2D eigenvalue weighted by Crippen LogP contribution is 2.22. The van der Waals surface area contributed by atoms with E-state index in [1.165, 1.54) is 12.4 Å². The van der Waals surface area contributed by atoms with Crippen molar-refractivity contribution in [3.63, 3.8) is 0 Å². The molecule has 3 rings (SSSR count). The molecule has 3 aromatic rings. The Hall–Kier alpha value is -2.92. The normalized spacial score (nSPS) is 10.4. The number of anilines is 3. The van der Waals surface area contributed by atoms with Crippen molar-refractivity contribution < 1.29 is 4.79 Å². The molecular formula is C19H17ClN4O. The summed E-state index contributed by atoms with van der Waals surface area (Å²) in [7, 11) is 0. The van der Waals surface area contributed by atoms with E-state index in [9.17, 15) is 4.79 Å². The lowest BCUT2D eigenvalue weighted by Crippen LogP contribution is -2.13. The van der Waals surface area contributed by atoms with Gasteiger partial charge in [-0.2, -0.15) is 0 Å². The number of nitrogens with one attached hydrogen (secondary N) is 2. The van der Waals surface area contributed by atoms with Gasteiger partial charge in [-0.15, -0.1) is 0 Å². The van der Waals surface area contributed by atoms with E-state index in [0.29, 0.717) is 16.5 Å². The summed E-state index contributed by atoms with van der Waals surface area (Å²) in [5.74, 6) is 0.162. The number of benzene rings is 2. The summed E-state index contributed by atoms with van der Waals surface area (Å²) in [6.07, 6.45) is 2.98. The zero-order valence-electron chi connectivity index (χ0n) is 13.9. The van der Waals surface area contributed by atoms with E-state index >= 15 is 0 Å². The SMILES string of the molecule is Cc1ccc(NC(=O)c2cnc(Nc3ccc(Cl)cc3C)nc2)cc1. The molecule has 0 spiro atoms. The van der Waals surface area contributed by atoms with Gasteiger partial charge in [0.05, 0.1) is 5.56 Å². The van der Waals surface area contributed by atoms with Crippen molar-refractivity contribution in [2.24, 2.45) is 0 Å². The zero-order valence-corrected chi connectivity index (χ0v) is 14.6. The molecule has 0 aliphatic carbocycles. The monoisotopic (exact) mass is 352 g/mol. The highest BCUT2D eigenvalue weighted by molar-refractivity contribution is 6.30. The summed E-state index contributed by atoms with van der Waals surface area (Å²) in [5.41, 5.74) is 4.10. The van der Waals surface area contributed by atoms with Gasteiger partial charge in [0.25, 0.3) is 5.91 Å². The number of aromatic nitrogens is 2. The molecule has 0 radical (unpaired) electrons. The summed E-state index contributed by atoms with van der Waals surface area (Å²) >= 11 is 5.95. The molecule has 0 atom stereocenters. The lowest BCUT2D eigenvalue weighted by Gasteiger charge is -2.09. The molecule has 0 bridgehead atoms. The van der Waals surface area contributed by atoms with Gasteiger partial charge in [-0.3, -0.25) is 4.79 Å². The number of carbonyl (C=O) groups is 1. The van der Waals surface area contributed by atoms with Crippen molar-refractivity contribution in [1.29, 1.82) is 0 Å². The Morgan fingerprint density at radius 1 is 1.00 bits per heavy atom. The minimum absolute atomic E-state index is 0.252. The van der Waals surface area contributed by atoms with Gasteiger partial charge in [0.15, 0.2) is 0 Å². The van der Waals surface area contributed by atoms with Crippen LogP contribution < -0.4 is 10.6 Å². The molecule has 25 heavy (non-hydrogen) atoms. The number of carbonyl (C=O) groups excluding carboxylic acids is 1. The van der Waals surface area contributed by atoms with Gasteiger partial charge in [0.1, 0.15) is 0 Å². The van der Waals surface area contributed by atoms with E-state index in [-0.39, 0.29) is 5.91 Å². The summed E-state index contributed by atoms with van der Waals surface area (Å²) in [5, 5.41) is 6.60. The molecule has 2 aromatic carbocycles. The Labute approximate surface area is 151 Å². The molecule has 5 nitrogen and oxygen atoms in total. The first kappa shape index (κ1) is 16.9. The Bertz CT molecular complexity index is 892. The quantitative estimate of drug-likeness (QED) is 0.711. The number of nitrogens with zero attached hydrogens (tertiary/aromatic N) is 2. The topological polar surface area (TPSA) is 66.9 Å². The van der Waals surface area contributed by atoms with Gasteiger partial charge in [0, 0.05) is 28.8 Å². The van der Waals surface area contributed by atoms with Crippen LogP contribution in [-0.4, -0.2) is 15.9 Å². The molecule has 0 fully saturated rings. The third-order valence-electron chi connectivity index (χ3n) is 3.66. The minimum atomic E-state index is -0.252. The maximum Gasteiger partial charge on any atom is 0.258 e. The molecule has 6 heteroatoms. The van der Waals surface area contributed by atoms with Crippen molar-refractivity contribution >= 4 is 34.8 Å². The predicted molar refractivity (Wildman–Crippen MR) is 101 cm³/mol. The minimum Gasteiger partial charge on any atom is -0.324 e. The number of hydrogen-bond acceptors (Lipinski definition) is 4. The lowest BCUT2D eigenvalue weighted by molar-refractivity contribution is 0.102. The van der Waals surface area contributed by atoms with Crippen LogP contribution in [0.5, 0.6) is 0 Å². The van der Waals surface area contributed by atoms with Gasteiger partial charge in [-0.25, -0.2) is 9.97 Å². The van der Waals surface area contributed by atoms with Gasteiger partial charge in [-0.1, -0.05) is 29.3 Å². The van der Waals surface area contributed by atoms with E-state index in [0.717, 1.165) is 22.5 Å². The average Bonchev–Trinajstić information content (AvgIpc) is 2.60. The standard InChI is InChI=1S/C19H17ClN4O/c1-12-3-6-16(7-4-12)23-18(25)14-10-21-19(22-11-14)24-17-8-5-15(20)9-13(17)2/h3-11H,1-2H3,(H,23,25)(H,21,22,24). The Kier molecular flexibility index (Phi) is 4.95. The molecule has 2 N–H and O–H groups in total. The van der Waals surface area contributed by atoms with Gasteiger partial charge >= 0.3 is 0 Å². The number of rotatable bonds is 4. The molecule has 0 aliphatic heterocycles. The molecule has 0 saturated heterocycles. The van der Waals surface area contributed by atoms with Crippen LogP contribution in [-0.2, 0) is 0 Å². The van der Waals surface area contributed by atoms with Crippen molar-refractivity contribution in [2.45, 2.75) is 13.8 Å². The molecule has 0 unspecified atom stereocenters. The third kappa shape index (κ3) is 4.33. The Morgan fingerprint density at radius 3 is 2.32 bits per heavy atom. The van der Waals surface area contributed by atoms with Crippen LogP contribution in [0.1, 0.15) is 21.5 Å². The fraction of sp³-hybridized carbons (Fsp3) is 0.105. The average molecular weight is 353 g/mol. The van der Waals surface area contributed by atoms with Crippen LogP contribution in [0.4, 0.5) is 17.3 Å². The van der Waals surface area contributed by atoms with E-state index < -0.39 is 0 Å². The summed E-state index contributed by atoms with van der Waals surface area (Å²) in [6, 6.07) is 13.1. The van der Waals surface area contributed by atoms with E-state index in [4.69, 9.17) is 11.6 Å². The largest absolute Gasteiger partial charge is 0.324 e. The van der Waals surface area contributed by atoms with Gasteiger partial charge in [0.2, 0.25) is 5.95 Å². The summed E-state index contributed by atoms with van der Waals surface area (Å²) in [6.45, 7) is 3.94. The maximum absolute atomic E-state index is 12.2. The van der Waals surface area contributed by atoms with E-state index in [2.05, 4.69) is 20.6 Å². The third-order valence-corrected chi connectivity index (χ3v) is 3.89. The first-order valence-electron chi connectivity index (χ1n) is 7.74. The van der Waals surface area contributed by atoms with Crippen molar-refractivity contribution in [2.75, 3.05) is 10.6 Å². The molecule has 0 aliphatic rings. The predicted octanol–water partition coefficient (Wildman–Crippen LogP) is 4.74. The van der Waals surface area contributed by atoms with Gasteiger partial charge < -0.3 is 10.6 Å². The molecule has 1 aromatic heterocycles. The molecule has 126 valence electrons. The smallest absolute Gasteiger partial charge is 0.258 e. The maximum atomic E-state index is 12.2. The molecular weight excluding hydrogens is 336 g/mol. The van der Waals surface area contributed by atoms with E-state index in [1.807, 2.05) is 50.2 Å².